The number of benzene rings is 1. The predicted octanol–water partition coefficient (Wildman–Crippen LogP) is 3.64. The van der Waals surface area contributed by atoms with Crippen LogP contribution in [-0.4, -0.2) is 12.1 Å². The molecule has 1 saturated carbocycles. The van der Waals surface area contributed by atoms with Crippen molar-refractivity contribution in [3.05, 3.63) is 35.4 Å². The topological polar surface area (TPSA) is 52.3 Å². The molecule has 0 aliphatic heterocycles. The zero-order chi connectivity index (χ0) is 15.6. The smallest absolute Gasteiger partial charge is 0.405 e. The Morgan fingerprint density at radius 2 is 1.95 bits per heavy atom. The van der Waals surface area contributed by atoms with Gasteiger partial charge in [-0.25, -0.2) is 0 Å². The van der Waals surface area contributed by atoms with E-state index >= 15 is 0 Å². The number of Topliss-reactive ketones (excluding diaryl/α,β-unsaturated/α-hetero) is 1. The summed E-state index contributed by atoms with van der Waals surface area (Å²) in [6.45, 7) is 1.76. The van der Waals surface area contributed by atoms with Crippen LogP contribution in [0.15, 0.2) is 29.8 Å². The van der Waals surface area contributed by atoms with Gasteiger partial charge in [0.15, 0.2) is 5.78 Å². The Balaban J connectivity index is 2.41. The lowest BCUT2D eigenvalue weighted by Gasteiger charge is -2.15. The molecule has 1 aliphatic rings. The number of ether oxygens (including phenoxy) is 1. The quantitative estimate of drug-likeness (QED) is 0.844. The van der Waals surface area contributed by atoms with Crippen LogP contribution in [0.1, 0.15) is 31.7 Å². The molecule has 21 heavy (non-hydrogen) atoms. The SMILES string of the molecule is CC/C(C(=O)C1CC1)=C(/N)c1ccccc1OC(F)(F)F. The van der Waals surface area contributed by atoms with E-state index < -0.39 is 12.1 Å². The van der Waals surface area contributed by atoms with Crippen molar-refractivity contribution < 1.29 is 22.7 Å². The lowest BCUT2D eigenvalue weighted by atomic mass is 9.98. The van der Waals surface area contributed by atoms with Gasteiger partial charge < -0.3 is 10.5 Å². The van der Waals surface area contributed by atoms with Crippen LogP contribution in [0.2, 0.25) is 0 Å². The summed E-state index contributed by atoms with van der Waals surface area (Å²) < 4.78 is 41.2. The van der Waals surface area contributed by atoms with E-state index in [2.05, 4.69) is 4.74 Å². The first-order chi connectivity index (χ1) is 9.83. The molecule has 0 unspecified atom stereocenters. The second-order valence-corrected chi connectivity index (χ2v) is 4.93. The largest absolute Gasteiger partial charge is 0.573 e. The summed E-state index contributed by atoms with van der Waals surface area (Å²) in [7, 11) is 0. The average molecular weight is 299 g/mol. The summed E-state index contributed by atoms with van der Waals surface area (Å²) in [6, 6.07) is 5.59. The number of ketones is 1. The third-order valence-corrected chi connectivity index (χ3v) is 3.33. The highest BCUT2D eigenvalue weighted by atomic mass is 19.4. The van der Waals surface area contributed by atoms with Crippen LogP contribution in [-0.2, 0) is 4.79 Å². The molecule has 1 aromatic carbocycles. The Morgan fingerprint density at radius 1 is 1.33 bits per heavy atom. The third-order valence-electron chi connectivity index (χ3n) is 3.33. The first-order valence-corrected chi connectivity index (χ1v) is 6.71. The highest BCUT2D eigenvalue weighted by molar-refractivity contribution is 6.04. The lowest BCUT2D eigenvalue weighted by Crippen LogP contribution is -2.19. The molecule has 0 aromatic heterocycles. The third kappa shape index (κ3) is 3.77. The van der Waals surface area contributed by atoms with Crippen LogP contribution in [0.3, 0.4) is 0 Å². The summed E-state index contributed by atoms with van der Waals surface area (Å²) in [5, 5.41) is 0. The molecule has 2 rings (SSSR count). The summed E-state index contributed by atoms with van der Waals surface area (Å²) in [5.74, 6) is -0.497. The number of allylic oxidation sites excluding steroid dienone is 1. The standard InChI is InChI=1S/C15H16F3NO2/c1-2-10(14(20)9-7-8-9)13(19)11-5-3-4-6-12(11)21-15(16,17)18/h3-6,9H,2,7-8,19H2,1H3/b13-10-. The number of carbonyl (C=O) groups is 1. The minimum Gasteiger partial charge on any atom is -0.405 e. The van der Waals surface area contributed by atoms with Gasteiger partial charge in [0, 0.05) is 22.8 Å². The molecule has 0 atom stereocenters. The molecule has 114 valence electrons. The molecule has 0 amide bonds. The Bertz CT molecular complexity index is 575. The molecule has 0 heterocycles. The van der Waals surface area contributed by atoms with Crippen LogP contribution in [0.4, 0.5) is 13.2 Å². The summed E-state index contributed by atoms with van der Waals surface area (Å²) in [4.78, 5) is 12.1. The minimum atomic E-state index is -4.80. The molecule has 6 heteroatoms. The van der Waals surface area contributed by atoms with E-state index in [1.807, 2.05) is 0 Å². The van der Waals surface area contributed by atoms with E-state index in [-0.39, 0.29) is 23.0 Å². The van der Waals surface area contributed by atoms with Gasteiger partial charge in [0.25, 0.3) is 0 Å². The van der Waals surface area contributed by atoms with E-state index in [4.69, 9.17) is 5.73 Å². The average Bonchev–Trinajstić information content (AvgIpc) is 3.22. The van der Waals surface area contributed by atoms with Gasteiger partial charge in [0.1, 0.15) is 5.75 Å². The fourth-order valence-corrected chi connectivity index (χ4v) is 2.15. The Morgan fingerprint density at radius 3 is 2.48 bits per heavy atom. The second-order valence-electron chi connectivity index (χ2n) is 4.93. The number of alkyl halides is 3. The fourth-order valence-electron chi connectivity index (χ4n) is 2.15. The van der Waals surface area contributed by atoms with Gasteiger partial charge in [-0.2, -0.15) is 0 Å². The van der Waals surface area contributed by atoms with Crippen LogP contribution in [0.25, 0.3) is 5.70 Å². The van der Waals surface area contributed by atoms with E-state index in [1.165, 1.54) is 18.2 Å². The Labute approximate surface area is 120 Å². The zero-order valence-corrected chi connectivity index (χ0v) is 11.5. The maximum Gasteiger partial charge on any atom is 0.573 e. The fraction of sp³-hybridized carbons (Fsp3) is 0.400. The molecule has 0 bridgehead atoms. The highest BCUT2D eigenvalue weighted by Crippen LogP contribution is 2.36. The second kappa shape index (κ2) is 5.79. The molecule has 3 nitrogen and oxygen atoms in total. The van der Waals surface area contributed by atoms with Gasteiger partial charge in [-0.1, -0.05) is 19.1 Å². The molecule has 0 spiro atoms. The normalized spacial score (nSPS) is 16.4. The molecular weight excluding hydrogens is 283 g/mol. The van der Waals surface area contributed by atoms with E-state index in [1.54, 1.807) is 13.0 Å². The van der Waals surface area contributed by atoms with Crippen molar-refractivity contribution in [2.24, 2.45) is 11.7 Å². The molecule has 1 fully saturated rings. The number of para-hydroxylation sites is 1. The molecule has 1 aliphatic carbocycles. The number of halogens is 3. The Kier molecular flexibility index (Phi) is 4.25. The summed E-state index contributed by atoms with van der Waals surface area (Å²) >= 11 is 0. The maximum absolute atomic E-state index is 12.4. The van der Waals surface area contributed by atoms with Crippen molar-refractivity contribution in [1.82, 2.24) is 0 Å². The zero-order valence-electron chi connectivity index (χ0n) is 11.5. The number of hydrogen-bond donors (Lipinski definition) is 1. The van der Waals surface area contributed by atoms with Crippen LogP contribution in [0, 0.1) is 5.92 Å². The van der Waals surface area contributed by atoms with Crippen molar-refractivity contribution in [3.8, 4) is 5.75 Å². The maximum atomic E-state index is 12.4. The van der Waals surface area contributed by atoms with E-state index in [0.29, 0.717) is 12.0 Å². The number of hydrogen-bond acceptors (Lipinski definition) is 3. The molecule has 2 N–H and O–H groups in total. The van der Waals surface area contributed by atoms with Crippen molar-refractivity contribution in [3.63, 3.8) is 0 Å². The van der Waals surface area contributed by atoms with Gasteiger partial charge in [-0.15, -0.1) is 13.2 Å². The number of nitrogens with two attached hydrogens (primary N) is 1. The minimum absolute atomic E-state index is 0.0332. The van der Waals surface area contributed by atoms with Crippen LogP contribution >= 0.6 is 0 Å². The van der Waals surface area contributed by atoms with Gasteiger partial charge in [0.05, 0.1) is 0 Å². The van der Waals surface area contributed by atoms with Crippen molar-refractivity contribution >= 4 is 11.5 Å². The summed E-state index contributed by atoms with van der Waals surface area (Å²) in [6.07, 6.45) is -2.79. The molecular formula is C15H16F3NO2. The van der Waals surface area contributed by atoms with Crippen LogP contribution in [0.5, 0.6) is 5.75 Å². The monoisotopic (exact) mass is 299 g/mol. The first kappa shape index (κ1) is 15.4. The van der Waals surface area contributed by atoms with Crippen LogP contribution < -0.4 is 10.5 Å². The van der Waals surface area contributed by atoms with Gasteiger partial charge in [0.2, 0.25) is 0 Å². The van der Waals surface area contributed by atoms with Crippen molar-refractivity contribution in [1.29, 1.82) is 0 Å². The summed E-state index contributed by atoms with van der Waals surface area (Å²) in [5.41, 5.74) is 6.48. The number of rotatable bonds is 5. The Hall–Kier alpha value is -1.98. The van der Waals surface area contributed by atoms with E-state index in [9.17, 15) is 18.0 Å². The predicted molar refractivity (Wildman–Crippen MR) is 72.3 cm³/mol. The van der Waals surface area contributed by atoms with Crippen molar-refractivity contribution in [2.75, 3.05) is 0 Å². The molecule has 1 aromatic rings. The van der Waals surface area contributed by atoms with Gasteiger partial charge >= 0.3 is 6.36 Å². The first-order valence-electron chi connectivity index (χ1n) is 6.71. The molecule has 0 saturated heterocycles. The number of carbonyl (C=O) groups excluding carboxylic acids is 1. The molecule has 0 radical (unpaired) electrons. The van der Waals surface area contributed by atoms with Gasteiger partial charge in [-0.05, 0) is 31.4 Å². The van der Waals surface area contributed by atoms with Gasteiger partial charge in [-0.3, -0.25) is 4.79 Å². The van der Waals surface area contributed by atoms with Crippen molar-refractivity contribution in [2.45, 2.75) is 32.5 Å². The highest BCUT2D eigenvalue weighted by Gasteiger charge is 2.34. The van der Waals surface area contributed by atoms with E-state index in [0.717, 1.165) is 12.8 Å². The lowest BCUT2D eigenvalue weighted by molar-refractivity contribution is -0.274.